The van der Waals surface area contributed by atoms with Crippen molar-refractivity contribution in [3.05, 3.63) is 30.3 Å². The summed E-state index contributed by atoms with van der Waals surface area (Å²) in [6.45, 7) is 0.605. The van der Waals surface area contributed by atoms with E-state index in [4.69, 9.17) is 5.73 Å². The monoisotopic (exact) mass is 247 g/mol. The van der Waals surface area contributed by atoms with Crippen LogP contribution in [0.3, 0.4) is 0 Å². The van der Waals surface area contributed by atoms with Gasteiger partial charge in [0, 0.05) is 19.3 Å². The van der Waals surface area contributed by atoms with Crippen LogP contribution in [-0.4, -0.2) is 32.1 Å². The van der Waals surface area contributed by atoms with Crippen LogP contribution in [0.1, 0.15) is 12.8 Å². The van der Waals surface area contributed by atoms with E-state index in [0.717, 1.165) is 18.5 Å². The molecule has 18 heavy (non-hydrogen) atoms. The van der Waals surface area contributed by atoms with Crippen molar-refractivity contribution in [2.75, 3.05) is 25.5 Å². The van der Waals surface area contributed by atoms with E-state index in [1.54, 1.807) is 0 Å². The maximum atomic E-state index is 11.8. The summed E-state index contributed by atoms with van der Waals surface area (Å²) in [5.74, 6) is 0.112. The largest absolute Gasteiger partial charge is 0.372 e. The quantitative estimate of drug-likeness (QED) is 0.787. The first-order valence-electron chi connectivity index (χ1n) is 6.35. The van der Waals surface area contributed by atoms with Gasteiger partial charge in [0.05, 0.1) is 0 Å². The highest BCUT2D eigenvalue weighted by molar-refractivity contribution is 5.86. The van der Waals surface area contributed by atoms with Crippen LogP contribution < -0.4 is 16.0 Å². The Bertz CT molecular complexity index is 416. The van der Waals surface area contributed by atoms with Gasteiger partial charge in [0.1, 0.15) is 5.54 Å². The average molecular weight is 247 g/mol. The van der Waals surface area contributed by atoms with Crippen molar-refractivity contribution in [2.24, 2.45) is 11.7 Å². The summed E-state index contributed by atoms with van der Waals surface area (Å²) in [6, 6.07) is 10.0. The van der Waals surface area contributed by atoms with Gasteiger partial charge in [-0.3, -0.25) is 4.79 Å². The standard InChI is InChI=1S/C14H21N3O/c1-16-14(13(15)18,11-8-9-11)10-17(2)12-6-4-3-5-7-12/h3-7,11,16H,8-10H2,1-2H3,(H2,15,18). The minimum Gasteiger partial charge on any atom is -0.372 e. The topological polar surface area (TPSA) is 58.4 Å². The Balaban J connectivity index is 2.17. The SMILES string of the molecule is CNC(CN(C)c1ccccc1)(C(N)=O)C1CC1. The van der Waals surface area contributed by atoms with Crippen LogP contribution in [0.25, 0.3) is 0 Å². The molecule has 3 N–H and O–H groups in total. The number of primary amides is 1. The second-order valence-corrected chi connectivity index (χ2v) is 5.05. The number of benzene rings is 1. The molecular formula is C14H21N3O. The Morgan fingerprint density at radius 1 is 1.44 bits per heavy atom. The first kappa shape index (κ1) is 12.9. The lowest BCUT2D eigenvalue weighted by Crippen LogP contribution is -2.61. The number of hydrogen-bond acceptors (Lipinski definition) is 3. The van der Waals surface area contributed by atoms with Crippen LogP contribution >= 0.6 is 0 Å². The molecule has 1 aromatic rings. The van der Waals surface area contributed by atoms with Crippen molar-refractivity contribution in [3.63, 3.8) is 0 Å². The third-order valence-electron chi connectivity index (χ3n) is 3.84. The molecule has 1 aromatic carbocycles. The highest BCUT2D eigenvalue weighted by atomic mass is 16.1. The minimum atomic E-state index is -0.607. The van der Waals surface area contributed by atoms with E-state index >= 15 is 0 Å². The minimum absolute atomic E-state index is 0.254. The molecule has 1 saturated carbocycles. The molecule has 1 atom stereocenters. The molecule has 4 nitrogen and oxygen atoms in total. The molecule has 0 aliphatic heterocycles. The normalized spacial score (nSPS) is 18.1. The van der Waals surface area contributed by atoms with Gasteiger partial charge in [-0.25, -0.2) is 0 Å². The number of rotatable bonds is 6. The van der Waals surface area contributed by atoms with E-state index in [-0.39, 0.29) is 5.91 Å². The van der Waals surface area contributed by atoms with Gasteiger partial charge >= 0.3 is 0 Å². The predicted molar refractivity (Wildman–Crippen MR) is 73.4 cm³/mol. The van der Waals surface area contributed by atoms with E-state index < -0.39 is 5.54 Å². The molecule has 0 aromatic heterocycles. The Morgan fingerprint density at radius 3 is 2.50 bits per heavy atom. The van der Waals surface area contributed by atoms with Crippen LogP contribution in [0, 0.1) is 5.92 Å². The fourth-order valence-corrected chi connectivity index (χ4v) is 2.54. The zero-order valence-electron chi connectivity index (χ0n) is 11.0. The summed E-state index contributed by atoms with van der Waals surface area (Å²) in [6.07, 6.45) is 2.15. The lowest BCUT2D eigenvalue weighted by atomic mass is 9.91. The van der Waals surface area contributed by atoms with E-state index in [1.807, 2.05) is 44.4 Å². The molecule has 0 radical (unpaired) electrons. The van der Waals surface area contributed by atoms with Gasteiger partial charge in [0.15, 0.2) is 0 Å². The first-order chi connectivity index (χ1) is 8.60. The van der Waals surface area contributed by atoms with Crippen LogP contribution in [-0.2, 0) is 4.79 Å². The molecule has 1 amide bonds. The van der Waals surface area contributed by atoms with E-state index in [9.17, 15) is 4.79 Å². The van der Waals surface area contributed by atoms with Crippen LogP contribution in [0.2, 0.25) is 0 Å². The molecule has 0 heterocycles. The molecule has 1 fully saturated rings. The number of nitrogens with one attached hydrogen (secondary N) is 1. The molecule has 2 rings (SSSR count). The number of likely N-dealkylation sites (N-methyl/N-ethyl adjacent to an activating group) is 2. The molecule has 1 unspecified atom stereocenters. The third-order valence-corrected chi connectivity index (χ3v) is 3.84. The highest BCUT2D eigenvalue weighted by Gasteiger charge is 2.49. The smallest absolute Gasteiger partial charge is 0.239 e. The number of para-hydroxylation sites is 1. The number of anilines is 1. The van der Waals surface area contributed by atoms with Gasteiger partial charge in [0.25, 0.3) is 0 Å². The van der Waals surface area contributed by atoms with Gasteiger partial charge in [-0.05, 0) is 37.9 Å². The summed E-state index contributed by atoms with van der Waals surface area (Å²) in [5, 5.41) is 3.16. The van der Waals surface area contributed by atoms with Crippen molar-refractivity contribution in [1.82, 2.24) is 5.32 Å². The average Bonchev–Trinajstić information content (AvgIpc) is 3.21. The Hall–Kier alpha value is -1.55. The Labute approximate surface area is 108 Å². The summed E-state index contributed by atoms with van der Waals surface area (Å²) < 4.78 is 0. The summed E-state index contributed by atoms with van der Waals surface area (Å²) in [4.78, 5) is 13.9. The number of amides is 1. The van der Waals surface area contributed by atoms with Crippen molar-refractivity contribution >= 4 is 11.6 Å². The molecule has 98 valence electrons. The van der Waals surface area contributed by atoms with E-state index in [1.165, 1.54) is 0 Å². The molecule has 0 bridgehead atoms. The summed E-state index contributed by atoms with van der Waals surface area (Å²) in [5.41, 5.74) is 6.11. The first-order valence-corrected chi connectivity index (χ1v) is 6.35. The molecule has 4 heteroatoms. The van der Waals surface area contributed by atoms with Crippen LogP contribution in [0.4, 0.5) is 5.69 Å². The number of carbonyl (C=O) groups excluding carboxylic acids is 1. The summed E-state index contributed by atoms with van der Waals surface area (Å²) in [7, 11) is 3.81. The number of nitrogens with zero attached hydrogens (tertiary/aromatic N) is 1. The highest BCUT2D eigenvalue weighted by Crippen LogP contribution is 2.40. The van der Waals surface area contributed by atoms with Crippen molar-refractivity contribution < 1.29 is 4.79 Å². The van der Waals surface area contributed by atoms with Gasteiger partial charge < -0.3 is 16.0 Å². The van der Waals surface area contributed by atoms with Gasteiger partial charge in [-0.15, -0.1) is 0 Å². The number of hydrogen-bond donors (Lipinski definition) is 2. The molecule has 1 aliphatic rings. The number of nitrogens with two attached hydrogens (primary N) is 1. The second kappa shape index (κ2) is 4.98. The maximum Gasteiger partial charge on any atom is 0.239 e. The molecule has 1 aliphatic carbocycles. The molecular weight excluding hydrogens is 226 g/mol. The van der Waals surface area contributed by atoms with Gasteiger partial charge in [-0.1, -0.05) is 18.2 Å². The van der Waals surface area contributed by atoms with Gasteiger partial charge in [-0.2, -0.15) is 0 Å². The third kappa shape index (κ3) is 2.34. The molecule has 0 spiro atoms. The zero-order valence-corrected chi connectivity index (χ0v) is 11.0. The zero-order chi connectivity index (χ0) is 13.2. The van der Waals surface area contributed by atoms with Crippen molar-refractivity contribution in [3.8, 4) is 0 Å². The van der Waals surface area contributed by atoms with E-state index in [2.05, 4.69) is 10.2 Å². The lowest BCUT2D eigenvalue weighted by molar-refractivity contribution is -0.124. The maximum absolute atomic E-state index is 11.8. The second-order valence-electron chi connectivity index (χ2n) is 5.05. The lowest BCUT2D eigenvalue weighted by Gasteiger charge is -2.35. The predicted octanol–water partition coefficient (Wildman–Crippen LogP) is 0.976. The number of carbonyl (C=O) groups is 1. The van der Waals surface area contributed by atoms with Crippen LogP contribution in [0.15, 0.2) is 30.3 Å². The Morgan fingerprint density at radius 2 is 2.06 bits per heavy atom. The fourth-order valence-electron chi connectivity index (χ4n) is 2.54. The summed E-state index contributed by atoms with van der Waals surface area (Å²) >= 11 is 0. The Kier molecular flexibility index (Phi) is 3.57. The van der Waals surface area contributed by atoms with Crippen LogP contribution in [0.5, 0.6) is 0 Å². The van der Waals surface area contributed by atoms with Gasteiger partial charge in [0.2, 0.25) is 5.91 Å². The van der Waals surface area contributed by atoms with Crippen molar-refractivity contribution in [1.29, 1.82) is 0 Å². The van der Waals surface area contributed by atoms with Crippen molar-refractivity contribution in [2.45, 2.75) is 18.4 Å². The van der Waals surface area contributed by atoms with E-state index in [0.29, 0.717) is 12.5 Å². The fraction of sp³-hybridized carbons (Fsp3) is 0.500. The molecule has 0 saturated heterocycles.